The fourth-order valence-corrected chi connectivity index (χ4v) is 4.79. The second-order valence-corrected chi connectivity index (χ2v) is 7.51. The van der Waals surface area contributed by atoms with E-state index in [1.54, 1.807) is 28.6 Å². The first kappa shape index (κ1) is 16.0. The highest BCUT2D eigenvalue weighted by Crippen LogP contribution is 2.29. The van der Waals surface area contributed by atoms with Crippen LogP contribution in [0, 0.1) is 0 Å². The lowest BCUT2D eigenvalue weighted by molar-refractivity contribution is -0.114. The van der Waals surface area contributed by atoms with Crippen LogP contribution in [0.5, 0.6) is 0 Å². The number of benzene rings is 1. The predicted octanol–water partition coefficient (Wildman–Crippen LogP) is 2.60. The van der Waals surface area contributed by atoms with Crippen molar-refractivity contribution in [3.8, 4) is 0 Å². The molecule has 1 aromatic carbocycles. The quantitative estimate of drug-likeness (QED) is 0.933. The van der Waals surface area contributed by atoms with E-state index in [1.807, 2.05) is 13.8 Å². The van der Waals surface area contributed by atoms with Crippen LogP contribution < -0.4 is 5.32 Å². The number of amides is 1. The maximum atomic E-state index is 12.8. The highest BCUT2D eigenvalue weighted by molar-refractivity contribution is 7.89. The molecule has 1 saturated heterocycles. The summed E-state index contributed by atoms with van der Waals surface area (Å²) in [4.78, 5) is 11.3. The van der Waals surface area contributed by atoms with Crippen LogP contribution in [0.3, 0.4) is 0 Å². The molecule has 1 heterocycles. The molecule has 0 unspecified atom stereocenters. The Balaban J connectivity index is 2.28. The third kappa shape index (κ3) is 3.44. The first-order valence-electron chi connectivity index (χ1n) is 7.23. The molecular weight excluding hydrogens is 288 g/mol. The second kappa shape index (κ2) is 6.15. The topological polar surface area (TPSA) is 66.5 Å². The van der Waals surface area contributed by atoms with Crippen LogP contribution in [0.1, 0.15) is 40.0 Å². The van der Waals surface area contributed by atoms with E-state index < -0.39 is 10.0 Å². The second-order valence-electron chi connectivity index (χ2n) is 5.67. The van der Waals surface area contributed by atoms with E-state index in [4.69, 9.17) is 0 Å². The van der Waals surface area contributed by atoms with E-state index in [0.717, 1.165) is 19.3 Å². The molecule has 1 aliphatic rings. The standard InChI is InChI=1S/C15H22N2O3S/c1-11-5-4-6-12(2)17(11)21(19,20)15-9-7-14(8-10-15)16-13(3)18/h7-12H,4-6H2,1-3H3,(H,16,18)/t11-,12+. The van der Waals surface area contributed by atoms with Crippen molar-refractivity contribution < 1.29 is 13.2 Å². The van der Waals surface area contributed by atoms with Crippen LogP contribution in [0.4, 0.5) is 5.69 Å². The molecule has 2 atom stereocenters. The molecule has 116 valence electrons. The molecule has 0 spiro atoms. The molecule has 6 heteroatoms. The van der Waals surface area contributed by atoms with Gasteiger partial charge in [0.1, 0.15) is 0 Å². The molecule has 0 aliphatic carbocycles. The molecule has 1 amide bonds. The highest BCUT2D eigenvalue weighted by Gasteiger charge is 2.35. The minimum absolute atomic E-state index is 0.0220. The molecule has 1 fully saturated rings. The van der Waals surface area contributed by atoms with Gasteiger partial charge in [0, 0.05) is 24.7 Å². The van der Waals surface area contributed by atoms with Crippen molar-refractivity contribution in [3.05, 3.63) is 24.3 Å². The summed E-state index contributed by atoms with van der Waals surface area (Å²) < 4.78 is 27.2. The SMILES string of the molecule is CC(=O)Nc1ccc(S(=O)(=O)N2[C@H](C)CCC[C@@H]2C)cc1. The molecule has 1 N–H and O–H groups in total. The van der Waals surface area contributed by atoms with Gasteiger partial charge in [0.2, 0.25) is 15.9 Å². The summed E-state index contributed by atoms with van der Waals surface area (Å²) >= 11 is 0. The number of carbonyl (C=O) groups is 1. The number of nitrogens with zero attached hydrogens (tertiary/aromatic N) is 1. The number of rotatable bonds is 3. The van der Waals surface area contributed by atoms with Gasteiger partial charge in [-0.3, -0.25) is 4.79 Å². The van der Waals surface area contributed by atoms with Crippen molar-refractivity contribution in [3.63, 3.8) is 0 Å². The highest BCUT2D eigenvalue weighted by atomic mass is 32.2. The molecule has 2 rings (SSSR count). The number of hydrogen-bond acceptors (Lipinski definition) is 3. The maximum Gasteiger partial charge on any atom is 0.243 e. The van der Waals surface area contributed by atoms with Crippen LogP contribution in [0.2, 0.25) is 0 Å². The summed E-state index contributed by atoms with van der Waals surface area (Å²) in [7, 11) is -3.49. The number of nitrogens with one attached hydrogen (secondary N) is 1. The van der Waals surface area contributed by atoms with Gasteiger partial charge in [-0.25, -0.2) is 8.42 Å². The van der Waals surface area contributed by atoms with Crippen molar-refractivity contribution in [1.82, 2.24) is 4.31 Å². The first-order valence-corrected chi connectivity index (χ1v) is 8.67. The Labute approximate surface area is 126 Å². The molecular formula is C15H22N2O3S. The summed E-state index contributed by atoms with van der Waals surface area (Å²) in [5.74, 6) is -0.177. The van der Waals surface area contributed by atoms with Crippen LogP contribution in [-0.4, -0.2) is 30.7 Å². The van der Waals surface area contributed by atoms with Gasteiger partial charge in [-0.1, -0.05) is 6.42 Å². The summed E-state index contributed by atoms with van der Waals surface area (Å²) in [6, 6.07) is 6.38. The fraction of sp³-hybridized carbons (Fsp3) is 0.533. The Morgan fingerprint density at radius 1 is 1.14 bits per heavy atom. The molecule has 0 saturated carbocycles. The Kier molecular flexibility index (Phi) is 4.68. The Morgan fingerprint density at radius 3 is 2.14 bits per heavy atom. The van der Waals surface area contributed by atoms with Crippen LogP contribution in [-0.2, 0) is 14.8 Å². The van der Waals surface area contributed by atoms with E-state index in [-0.39, 0.29) is 22.9 Å². The van der Waals surface area contributed by atoms with E-state index in [1.165, 1.54) is 6.92 Å². The average Bonchev–Trinajstić information content (AvgIpc) is 2.38. The summed E-state index contributed by atoms with van der Waals surface area (Å²) in [6.45, 7) is 5.33. The lowest BCUT2D eigenvalue weighted by Crippen LogP contribution is -2.47. The number of sulfonamides is 1. The molecule has 5 nitrogen and oxygen atoms in total. The van der Waals surface area contributed by atoms with E-state index in [2.05, 4.69) is 5.32 Å². The average molecular weight is 310 g/mol. The van der Waals surface area contributed by atoms with E-state index >= 15 is 0 Å². The van der Waals surface area contributed by atoms with Gasteiger partial charge in [0.25, 0.3) is 0 Å². The monoisotopic (exact) mass is 310 g/mol. The van der Waals surface area contributed by atoms with Crippen molar-refractivity contribution in [2.24, 2.45) is 0 Å². The van der Waals surface area contributed by atoms with Gasteiger partial charge in [0.15, 0.2) is 0 Å². The van der Waals surface area contributed by atoms with Crippen LogP contribution in [0.15, 0.2) is 29.2 Å². The summed E-state index contributed by atoms with van der Waals surface area (Å²) in [5.41, 5.74) is 0.598. The predicted molar refractivity (Wildman–Crippen MR) is 82.5 cm³/mol. The molecule has 0 radical (unpaired) electrons. The van der Waals surface area contributed by atoms with Gasteiger partial charge in [-0.2, -0.15) is 4.31 Å². The van der Waals surface area contributed by atoms with Crippen molar-refractivity contribution in [2.75, 3.05) is 5.32 Å². The van der Waals surface area contributed by atoms with E-state index in [0.29, 0.717) is 5.69 Å². The lowest BCUT2D eigenvalue weighted by atomic mass is 10.0. The molecule has 1 aromatic rings. The smallest absolute Gasteiger partial charge is 0.243 e. The molecule has 1 aliphatic heterocycles. The minimum Gasteiger partial charge on any atom is -0.326 e. The van der Waals surface area contributed by atoms with Gasteiger partial charge in [-0.05, 0) is 51.0 Å². The first-order chi connectivity index (χ1) is 9.82. The van der Waals surface area contributed by atoms with Crippen LogP contribution >= 0.6 is 0 Å². The maximum absolute atomic E-state index is 12.8. The molecule has 0 bridgehead atoms. The summed E-state index contributed by atoms with van der Waals surface area (Å²) in [5, 5.41) is 2.63. The van der Waals surface area contributed by atoms with Crippen molar-refractivity contribution >= 4 is 21.6 Å². The third-order valence-electron chi connectivity index (χ3n) is 3.86. The number of piperidine rings is 1. The minimum atomic E-state index is -3.49. The number of hydrogen-bond donors (Lipinski definition) is 1. The van der Waals surface area contributed by atoms with Crippen molar-refractivity contribution in [1.29, 1.82) is 0 Å². The van der Waals surface area contributed by atoms with Gasteiger partial charge in [-0.15, -0.1) is 0 Å². The Morgan fingerprint density at radius 2 is 1.67 bits per heavy atom. The Hall–Kier alpha value is -1.40. The number of carbonyl (C=O) groups excluding carboxylic acids is 1. The Bertz CT molecular complexity index is 600. The molecule has 21 heavy (non-hydrogen) atoms. The summed E-state index contributed by atoms with van der Waals surface area (Å²) in [6.07, 6.45) is 2.86. The van der Waals surface area contributed by atoms with Crippen molar-refractivity contribution in [2.45, 2.75) is 57.0 Å². The zero-order chi connectivity index (χ0) is 15.6. The van der Waals surface area contributed by atoms with Crippen LogP contribution in [0.25, 0.3) is 0 Å². The fourth-order valence-electron chi connectivity index (χ4n) is 2.91. The third-order valence-corrected chi connectivity index (χ3v) is 6.01. The van der Waals surface area contributed by atoms with E-state index in [9.17, 15) is 13.2 Å². The zero-order valence-electron chi connectivity index (χ0n) is 12.7. The molecule has 0 aromatic heterocycles. The van der Waals surface area contributed by atoms with Gasteiger partial charge >= 0.3 is 0 Å². The lowest BCUT2D eigenvalue weighted by Gasteiger charge is -2.37. The van der Waals surface area contributed by atoms with Gasteiger partial charge in [0.05, 0.1) is 4.90 Å². The largest absolute Gasteiger partial charge is 0.326 e. The normalized spacial score (nSPS) is 23.8. The zero-order valence-corrected chi connectivity index (χ0v) is 13.5. The number of anilines is 1. The van der Waals surface area contributed by atoms with Gasteiger partial charge < -0.3 is 5.32 Å².